The molecule has 0 aliphatic rings. The highest BCUT2D eigenvalue weighted by Crippen LogP contribution is 2.14. The summed E-state index contributed by atoms with van der Waals surface area (Å²) in [7, 11) is 0. The van der Waals surface area contributed by atoms with Crippen LogP contribution in [-0.2, 0) is 0 Å². The number of rotatable bonds is 4. The van der Waals surface area contributed by atoms with Crippen LogP contribution in [0.2, 0.25) is 0 Å². The number of anilines is 1. The number of benzene rings is 1. The summed E-state index contributed by atoms with van der Waals surface area (Å²) in [6, 6.07) is 10.0. The van der Waals surface area contributed by atoms with E-state index < -0.39 is 0 Å². The summed E-state index contributed by atoms with van der Waals surface area (Å²) in [4.78, 5) is 27.8. The minimum atomic E-state index is -0.258. The Balaban J connectivity index is 2.14. The normalized spacial score (nSPS) is 10.0. The molecule has 5 nitrogen and oxygen atoms in total. The van der Waals surface area contributed by atoms with Crippen LogP contribution in [0.1, 0.15) is 27.6 Å². The van der Waals surface area contributed by atoms with E-state index in [1.165, 1.54) is 0 Å². The van der Waals surface area contributed by atoms with Gasteiger partial charge in [-0.1, -0.05) is 6.07 Å². The molecule has 0 bridgehead atoms. The first-order valence-electron chi connectivity index (χ1n) is 6.41. The third-order valence-electron chi connectivity index (χ3n) is 2.71. The van der Waals surface area contributed by atoms with Crippen LogP contribution in [0.3, 0.4) is 0 Å². The quantitative estimate of drug-likeness (QED) is 0.835. The van der Waals surface area contributed by atoms with Crippen molar-refractivity contribution in [3.05, 3.63) is 58.3 Å². The van der Waals surface area contributed by atoms with Gasteiger partial charge in [0.15, 0.2) is 0 Å². The molecule has 1 heterocycles. The summed E-state index contributed by atoms with van der Waals surface area (Å²) in [5, 5.41) is 5.47. The zero-order valence-electron chi connectivity index (χ0n) is 11.4. The number of pyridine rings is 1. The van der Waals surface area contributed by atoms with E-state index >= 15 is 0 Å². The number of aromatic nitrogens is 1. The van der Waals surface area contributed by atoms with Crippen LogP contribution in [0.4, 0.5) is 5.69 Å². The number of nitrogens with zero attached hydrogens (tertiary/aromatic N) is 1. The van der Waals surface area contributed by atoms with Gasteiger partial charge in [0.25, 0.3) is 11.8 Å². The maximum Gasteiger partial charge on any atom is 0.255 e. The minimum absolute atomic E-state index is 0.166. The van der Waals surface area contributed by atoms with Crippen molar-refractivity contribution in [2.24, 2.45) is 0 Å². The third-order valence-corrected chi connectivity index (χ3v) is 3.14. The van der Waals surface area contributed by atoms with E-state index in [1.54, 1.807) is 42.6 Å². The van der Waals surface area contributed by atoms with Gasteiger partial charge in [-0.3, -0.25) is 9.59 Å². The number of hydrogen-bond donors (Lipinski definition) is 2. The van der Waals surface area contributed by atoms with Crippen LogP contribution >= 0.6 is 15.9 Å². The van der Waals surface area contributed by atoms with Gasteiger partial charge in [-0.25, -0.2) is 4.98 Å². The summed E-state index contributed by atoms with van der Waals surface area (Å²) in [6.07, 6.45) is 1.55. The average Bonchev–Trinajstić information content (AvgIpc) is 2.48. The molecular weight excluding hydrogens is 334 g/mol. The molecule has 2 amide bonds. The van der Waals surface area contributed by atoms with Crippen LogP contribution in [-0.4, -0.2) is 23.3 Å². The lowest BCUT2D eigenvalue weighted by atomic mass is 10.1. The maximum atomic E-state index is 12.1. The van der Waals surface area contributed by atoms with Crippen LogP contribution in [0.25, 0.3) is 0 Å². The first-order valence-corrected chi connectivity index (χ1v) is 7.20. The van der Waals surface area contributed by atoms with Gasteiger partial charge in [-0.05, 0) is 53.2 Å². The van der Waals surface area contributed by atoms with E-state index in [4.69, 9.17) is 0 Å². The predicted molar refractivity (Wildman–Crippen MR) is 84.3 cm³/mol. The van der Waals surface area contributed by atoms with Crippen LogP contribution in [0.15, 0.2) is 47.2 Å². The number of halogens is 1. The highest BCUT2D eigenvalue weighted by atomic mass is 79.9. The second kappa shape index (κ2) is 6.99. The Kier molecular flexibility index (Phi) is 5.05. The number of amides is 2. The Morgan fingerprint density at radius 1 is 1.14 bits per heavy atom. The number of carbonyl (C=O) groups excluding carboxylic acids is 2. The molecule has 1 aromatic heterocycles. The minimum Gasteiger partial charge on any atom is -0.352 e. The summed E-state index contributed by atoms with van der Waals surface area (Å²) < 4.78 is 0.589. The van der Waals surface area contributed by atoms with Crippen LogP contribution in [0, 0.1) is 0 Å². The summed E-state index contributed by atoms with van der Waals surface area (Å²) >= 11 is 3.22. The average molecular weight is 348 g/mol. The molecule has 0 saturated carbocycles. The van der Waals surface area contributed by atoms with E-state index in [1.807, 2.05) is 6.92 Å². The van der Waals surface area contributed by atoms with E-state index in [0.29, 0.717) is 28.0 Å². The molecule has 108 valence electrons. The molecule has 0 radical (unpaired) electrons. The predicted octanol–water partition coefficient (Wildman–Crippen LogP) is 2.85. The molecular formula is C15H14BrN3O2. The summed E-state index contributed by atoms with van der Waals surface area (Å²) in [5.74, 6) is -0.425. The Morgan fingerprint density at radius 3 is 2.62 bits per heavy atom. The van der Waals surface area contributed by atoms with Gasteiger partial charge in [0, 0.05) is 29.6 Å². The van der Waals surface area contributed by atoms with Gasteiger partial charge in [0.1, 0.15) is 4.60 Å². The summed E-state index contributed by atoms with van der Waals surface area (Å²) in [6.45, 7) is 2.41. The monoisotopic (exact) mass is 347 g/mol. The van der Waals surface area contributed by atoms with Crippen molar-refractivity contribution < 1.29 is 9.59 Å². The molecule has 2 N–H and O–H groups in total. The van der Waals surface area contributed by atoms with Crippen LogP contribution in [0.5, 0.6) is 0 Å². The molecule has 2 aromatic rings. The van der Waals surface area contributed by atoms with Crippen molar-refractivity contribution in [1.29, 1.82) is 0 Å². The van der Waals surface area contributed by atoms with Gasteiger partial charge in [-0.2, -0.15) is 0 Å². The Hall–Kier alpha value is -2.21. The van der Waals surface area contributed by atoms with Gasteiger partial charge in [-0.15, -0.1) is 0 Å². The third kappa shape index (κ3) is 4.13. The fourth-order valence-corrected chi connectivity index (χ4v) is 2.11. The van der Waals surface area contributed by atoms with Crippen LogP contribution < -0.4 is 10.6 Å². The molecule has 1 aromatic carbocycles. The van der Waals surface area contributed by atoms with Crippen molar-refractivity contribution in [3.63, 3.8) is 0 Å². The Bertz CT molecular complexity index is 673. The Morgan fingerprint density at radius 2 is 1.90 bits per heavy atom. The molecule has 0 saturated heterocycles. The zero-order valence-corrected chi connectivity index (χ0v) is 13.0. The number of hydrogen-bond acceptors (Lipinski definition) is 3. The molecule has 0 aliphatic carbocycles. The van der Waals surface area contributed by atoms with Crippen molar-refractivity contribution >= 4 is 33.4 Å². The highest BCUT2D eigenvalue weighted by molar-refractivity contribution is 9.10. The number of carbonyl (C=O) groups is 2. The SMILES string of the molecule is CCNC(=O)c1cccc(NC(=O)c2ccnc(Br)c2)c1. The number of nitrogens with one attached hydrogen (secondary N) is 2. The van der Waals surface area contributed by atoms with Gasteiger partial charge in [0.2, 0.25) is 0 Å². The summed E-state index contributed by atoms with van der Waals surface area (Å²) in [5.41, 5.74) is 1.56. The molecule has 0 unspecified atom stereocenters. The topological polar surface area (TPSA) is 71.1 Å². The first kappa shape index (κ1) is 15.2. The van der Waals surface area contributed by atoms with E-state index in [-0.39, 0.29) is 11.8 Å². The van der Waals surface area contributed by atoms with Gasteiger partial charge < -0.3 is 10.6 Å². The lowest BCUT2D eigenvalue weighted by Crippen LogP contribution is -2.22. The molecule has 2 rings (SSSR count). The standard InChI is InChI=1S/C15H14BrN3O2/c1-2-17-14(20)10-4-3-5-12(8-10)19-15(21)11-6-7-18-13(16)9-11/h3-9H,2H2,1H3,(H,17,20)(H,19,21). The second-order valence-corrected chi connectivity index (χ2v) is 5.07. The van der Waals surface area contributed by atoms with Gasteiger partial charge in [0.05, 0.1) is 0 Å². The molecule has 6 heteroatoms. The van der Waals surface area contributed by atoms with Crippen molar-refractivity contribution in [1.82, 2.24) is 10.3 Å². The van der Waals surface area contributed by atoms with Crippen molar-refractivity contribution in [2.45, 2.75) is 6.92 Å². The fraction of sp³-hybridized carbons (Fsp3) is 0.133. The second-order valence-electron chi connectivity index (χ2n) is 4.26. The molecule has 0 aliphatic heterocycles. The smallest absolute Gasteiger partial charge is 0.255 e. The maximum absolute atomic E-state index is 12.1. The van der Waals surface area contributed by atoms with E-state index in [2.05, 4.69) is 31.5 Å². The lowest BCUT2D eigenvalue weighted by Gasteiger charge is -2.07. The Labute approximate surface area is 130 Å². The zero-order chi connectivity index (χ0) is 15.2. The van der Waals surface area contributed by atoms with E-state index in [0.717, 1.165) is 0 Å². The van der Waals surface area contributed by atoms with Crippen molar-refractivity contribution in [3.8, 4) is 0 Å². The lowest BCUT2D eigenvalue weighted by molar-refractivity contribution is 0.0954. The fourth-order valence-electron chi connectivity index (χ4n) is 1.75. The molecule has 0 fully saturated rings. The van der Waals surface area contributed by atoms with Crippen molar-refractivity contribution in [2.75, 3.05) is 11.9 Å². The molecule has 21 heavy (non-hydrogen) atoms. The highest BCUT2D eigenvalue weighted by Gasteiger charge is 2.09. The first-order chi connectivity index (χ1) is 10.1. The molecule has 0 atom stereocenters. The van der Waals surface area contributed by atoms with Gasteiger partial charge >= 0.3 is 0 Å². The molecule has 0 spiro atoms. The largest absolute Gasteiger partial charge is 0.352 e. The van der Waals surface area contributed by atoms with E-state index in [9.17, 15) is 9.59 Å².